The Bertz CT molecular complexity index is 703. The molecule has 0 unspecified atom stereocenters. The third-order valence-electron chi connectivity index (χ3n) is 2.84. The molecule has 0 spiro atoms. The lowest BCUT2D eigenvalue weighted by atomic mass is 10.1. The number of nitrogens with zero attached hydrogens (tertiary/aromatic N) is 2. The number of thiazole rings is 1. The van der Waals surface area contributed by atoms with Crippen molar-refractivity contribution in [1.29, 1.82) is 0 Å². The first-order valence-electron chi connectivity index (χ1n) is 5.88. The molecular weight excluding hydrogens is 263 g/mol. The summed E-state index contributed by atoms with van der Waals surface area (Å²) in [5.41, 5.74) is 1.08. The second kappa shape index (κ2) is 4.31. The normalized spacial score (nSPS) is 11.9. The quantitative estimate of drug-likeness (QED) is 0.769. The van der Waals surface area contributed by atoms with Gasteiger partial charge in [0, 0.05) is 11.6 Å². The molecule has 0 bridgehead atoms. The third-order valence-corrected chi connectivity index (χ3v) is 3.94. The molecule has 1 aromatic carbocycles. The van der Waals surface area contributed by atoms with Crippen LogP contribution in [0.25, 0.3) is 11.0 Å². The Morgan fingerprint density at radius 1 is 1.37 bits per heavy atom. The fourth-order valence-corrected chi connectivity index (χ4v) is 2.64. The molecule has 2 N–H and O–H groups in total. The maximum absolute atomic E-state index is 13.1. The van der Waals surface area contributed by atoms with Crippen LogP contribution in [-0.2, 0) is 5.54 Å². The van der Waals surface area contributed by atoms with Crippen molar-refractivity contribution in [3.8, 4) is 0 Å². The van der Waals surface area contributed by atoms with Crippen LogP contribution < -0.4 is 5.32 Å². The summed E-state index contributed by atoms with van der Waals surface area (Å²) in [4.78, 5) is 11.8. The number of fused-ring (bicyclic) bond motifs is 1. The number of H-pyrrole nitrogens is 1. The van der Waals surface area contributed by atoms with Gasteiger partial charge in [0.25, 0.3) is 0 Å². The number of rotatable bonds is 3. The molecule has 0 saturated heterocycles. The first kappa shape index (κ1) is 12.1. The highest BCUT2D eigenvalue weighted by Crippen LogP contribution is 2.27. The van der Waals surface area contributed by atoms with Crippen molar-refractivity contribution >= 4 is 28.3 Å². The molecule has 0 radical (unpaired) electrons. The minimum atomic E-state index is -0.333. The lowest BCUT2D eigenvalue weighted by molar-refractivity contribution is 0.598. The summed E-state index contributed by atoms with van der Waals surface area (Å²) < 4.78 is 13.1. The van der Waals surface area contributed by atoms with E-state index in [4.69, 9.17) is 0 Å². The zero-order chi connectivity index (χ0) is 13.5. The molecule has 3 aromatic rings. The van der Waals surface area contributed by atoms with E-state index >= 15 is 0 Å². The van der Waals surface area contributed by atoms with E-state index in [1.54, 1.807) is 23.6 Å². The van der Waals surface area contributed by atoms with Crippen molar-refractivity contribution in [1.82, 2.24) is 15.0 Å². The number of halogens is 1. The van der Waals surface area contributed by atoms with Crippen molar-refractivity contribution in [2.24, 2.45) is 0 Å². The molecule has 0 aliphatic rings. The van der Waals surface area contributed by atoms with Crippen LogP contribution in [0.2, 0.25) is 0 Å². The molecule has 6 heteroatoms. The topological polar surface area (TPSA) is 53.6 Å². The van der Waals surface area contributed by atoms with Gasteiger partial charge in [-0.3, -0.25) is 0 Å². The summed E-state index contributed by atoms with van der Waals surface area (Å²) in [5, 5.41) is 6.20. The standard InChI is InChI=1S/C13H13FN4S/c1-13(2,11-15-5-6-19-11)18-12-16-9-4-3-8(14)7-10(9)17-12/h3-7H,1-2H3,(H2,16,17,18). The Morgan fingerprint density at radius 3 is 2.95 bits per heavy atom. The van der Waals surface area contributed by atoms with E-state index in [0.717, 1.165) is 10.5 Å². The number of benzene rings is 1. The Morgan fingerprint density at radius 2 is 2.21 bits per heavy atom. The lowest BCUT2D eigenvalue weighted by Gasteiger charge is -2.23. The van der Waals surface area contributed by atoms with Crippen molar-refractivity contribution in [2.45, 2.75) is 19.4 Å². The molecule has 3 rings (SSSR count). The maximum Gasteiger partial charge on any atom is 0.201 e. The van der Waals surface area contributed by atoms with Gasteiger partial charge in [-0.15, -0.1) is 11.3 Å². The van der Waals surface area contributed by atoms with Gasteiger partial charge in [-0.25, -0.2) is 14.4 Å². The lowest BCUT2D eigenvalue weighted by Crippen LogP contribution is -2.28. The van der Waals surface area contributed by atoms with Crippen molar-refractivity contribution < 1.29 is 4.39 Å². The summed E-state index contributed by atoms with van der Waals surface area (Å²) >= 11 is 1.58. The molecule has 0 aliphatic carbocycles. The monoisotopic (exact) mass is 276 g/mol. The van der Waals surface area contributed by atoms with Crippen LogP contribution in [0, 0.1) is 5.82 Å². The molecule has 98 valence electrons. The van der Waals surface area contributed by atoms with Crippen LogP contribution >= 0.6 is 11.3 Å². The molecule has 2 aromatic heterocycles. The molecule has 0 aliphatic heterocycles. The van der Waals surface area contributed by atoms with Gasteiger partial charge in [0.15, 0.2) is 0 Å². The Hall–Kier alpha value is -1.95. The second-order valence-corrected chi connectivity index (χ2v) is 5.73. The van der Waals surface area contributed by atoms with Gasteiger partial charge >= 0.3 is 0 Å². The number of aromatic amines is 1. The van der Waals surface area contributed by atoms with E-state index < -0.39 is 0 Å². The van der Waals surface area contributed by atoms with E-state index in [-0.39, 0.29) is 11.4 Å². The number of hydrogen-bond donors (Lipinski definition) is 2. The summed E-state index contributed by atoms with van der Waals surface area (Å²) in [6, 6.07) is 4.49. The van der Waals surface area contributed by atoms with Gasteiger partial charge in [-0.1, -0.05) is 0 Å². The minimum Gasteiger partial charge on any atom is -0.344 e. The molecule has 0 atom stereocenters. The van der Waals surface area contributed by atoms with E-state index in [9.17, 15) is 4.39 Å². The van der Waals surface area contributed by atoms with Gasteiger partial charge in [0.2, 0.25) is 5.95 Å². The van der Waals surface area contributed by atoms with Crippen molar-refractivity contribution in [3.05, 3.63) is 40.6 Å². The van der Waals surface area contributed by atoms with Crippen LogP contribution in [0.4, 0.5) is 10.3 Å². The molecule has 19 heavy (non-hydrogen) atoms. The first-order valence-corrected chi connectivity index (χ1v) is 6.76. The van der Waals surface area contributed by atoms with E-state index in [0.29, 0.717) is 11.5 Å². The molecule has 0 fully saturated rings. The number of nitrogens with one attached hydrogen (secondary N) is 2. The average Bonchev–Trinajstić information content (AvgIpc) is 2.95. The maximum atomic E-state index is 13.1. The number of anilines is 1. The number of hydrogen-bond acceptors (Lipinski definition) is 4. The molecule has 0 saturated carbocycles. The fraction of sp³-hybridized carbons (Fsp3) is 0.231. The summed E-state index contributed by atoms with van der Waals surface area (Å²) in [5.74, 6) is 0.336. The Kier molecular flexibility index (Phi) is 2.74. The summed E-state index contributed by atoms with van der Waals surface area (Å²) in [6.45, 7) is 4.05. The predicted molar refractivity (Wildman–Crippen MR) is 74.8 cm³/mol. The number of aromatic nitrogens is 3. The van der Waals surface area contributed by atoms with Crippen molar-refractivity contribution in [2.75, 3.05) is 5.32 Å². The molecule has 0 amide bonds. The summed E-state index contributed by atoms with van der Waals surface area (Å²) in [7, 11) is 0. The first-order chi connectivity index (χ1) is 9.04. The van der Waals surface area contributed by atoms with Gasteiger partial charge in [-0.2, -0.15) is 0 Å². The molecular formula is C13H13FN4S. The Balaban J connectivity index is 1.93. The summed E-state index contributed by atoms with van der Waals surface area (Å²) in [6.07, 6.45) is 1.78. The van der Waals surface area contributed by atoms with E-state index in [1.807, 2.05) is 19.2 Å². The second-order valence-electron chi connectivity index (χ2n) is 4.83. The van der Waals surface area contributed by atoms with Gasteiger partial charge in [0.05, 0.1) is 16.6 Å². The highest BCUT2D eigenvalue weighted by molar-refractivity contribution is 7.09. The van der Waals surface area contributed by atoms with Crippen LogP contribution in [0.15, 0.2) is 29.8 Å². The van der Waals surface area contributed by atoms with Gasteiger partial charge in [-0.05, 0) is 32.0 Å². The van der Waals surface area contributed by atoms with Gasteiger partial charge in [0.1, 0.15) is 10.8 Å². The zero-order valence-electron chi connectivity index (χ0n) is 10.6. The largest absolute Gasteiger partial charge is 0.344 e. The zero-order valence-corrected chi connectivity index (χ0v) is 11.4. The van der Waals surface area contributed by atoms with Crippen LogP contribution in [-0.4, -0.2) is 15.0 Å². The molecule has 2 heterocycles. The Labute approximate surface area is 113 Å². The molecule has 4 nitrogen and oxygen atoms in total. The van der Waals surface area contributed by atoms with Crippen LogP contribution in [0.3, 0.4) is 0 Å². The van der Waals surface area contributed by atoms with E-state index in [2.05, 4.69) is 20.3 Å². The fourth-order valence-electron chi connectivity index (χ4n) is 1.92. The van der Waals surface area contributed by atoms with Crippen molar-refractivity contribution in [3.63, 3.8) is 0 Å². The number of imidazole rings is 1. The van der Waals surface area contributed by atoms with Crippen LogP contribution in [0.1, 0.15) is 18.9 Å². The predicted octanol–water partition coefficient (Wildman–Crippen LogP) is 3.51. The third kappa shape index (κ3) is 2.31. The SMILES string of the molecule is CC(C)(Nc1nc2ccc(F)cc2[nH]1)c1nccs1. The van der Waals surface area contributed by atoms with Crippen LogP contribution in [0.5, 0.6) is 0 Å². The average molecular weight is 276 g/mol. The van der Waals surface area contributed by atoms with Gasteiger partial charge < -0.3 is 10.3 Å². The minimum absolute atomic E-state index is 0.276. The highest BCUT2D eigenvalue weighted by Gasteiger charge is 2.24. The highest BCUT2D eigenvalue weighted by atomic mass is 32.1. The smallest absolute Gasteiger partial charge is 0.201 e. The van der Waals surface area contributed by atoms with E-state index in [1.165, 1.54) is 12.1 Å².